The third kappa shape index (κ3) is 3.75. The predicted molar refractivity (Wildman–Crippen MR) is 120 cm³/mol. The lowest BCUT2D eigenvalue weighted by Crippen LogP contribution is -2.71. The second-order valence-corrected chi connectivity index (χ2v) is 9.52. The number of hydrogen-bond acceptors (Lipinski definition) is 7. The van der Waals surface area contributed by atoms with Gasteiger partial charge in [0.1, 0.15) is 5.75 Å². The van der Waals surface area contributed by atoms with Crippen LogP contribution in [-0.2, 0) is 31.7 Å². The number of carbonyl (C=O) groups is 2. The summed E-state index contributed by atoms with van der Waals surface area (Å²) in [6.45, 7) is 4.07. The predicted octanol–water partition coefficient (Wildman–Crippen LogP) is 3.79. The summed E-state index contributed by atoms with van der Waals surface area (Å²) < 4.78 is 56.7. The van der Waals surface area contributed by atoms with E-state index in [1.807, 2.05) is 34.1 Å². The Kier molecular flexibility index (Phi) is 5.19. The highest BCUT2D eigenvalue weighted by molar-refractivity contribution is 6.04. The number of anilines is 2. The van der Waals surface area contributed by atoms with Crippen LogP contribution < -0.4 is 14.5 Å². The van der Waals surface area contributed by atoms with Gasteiger partial charge in [-0.3, -0.25) is 9.59 Å². The average molecular weight is 490 g/mol. The molecule has 0 N–H and O–H groups in total. The number of ether oxygens (including phenoxy) is 3. The van der Waals surface area contributed by atoms with Gasteiger partial charge in [0.25, 0.3) is 5.79 Å². The first-order chi connectivity index (χ1) is 16.4. The van der Waals surface area contributed by atoms with Crippen molar-refractivity contribution in [3.8, 4) is 5.75 Å². The molecule has 1 spiro atoms. The molecule has 1 atom stereocenters. The Morgan fingerprint density at radius 1 is 1.03 bits per heavy atom. The van der Waals surface area contributed by atoms with E-state index in [1.54, 1.807) is 7.11 Å². The minimum Gasteiger partial charge on any atom is -0.497 e. The molecule has 3 aliphatic rings. The number of hydrogen-bond donors (Lipinski definition) is 0. The highest BCUT2D eigenvalue weighted by Gasteiger charge is 2.65. The fraction of sp³-hybridized carbons (Fsp3) is 0.440. The SMILES string of the molecule is COc1cccc(N2CCN3c4ccc(C(F)(F)F)cc4CC4(C(=O)OC(C)(C)OC4=O)C3C2)c1. The van der Waals surface area contributed by atoms with E-state index in [2.05, 4.69) is 0 Å². The molecule has 0 radical (unpaired) electrons. The fourth-order valence-electron chi connectivity index (χ4n) is 5.29. The Morgan fingerprint density at radius 3 is 2.40 bits per heavy atom. The summed E-state index contributed by atoms with van der Waals surface area (Å²) in [7, 11) is 1.56. The van der Waals surface area contributed by atoms with E-state index >= 15 is 0 Å². The van der Waals surface area contributed by atoms with Crippen molar-refractivity contribution < 1.29 is 37.0 Å². The second-order valence-electron chi connectivity index (χ2n) is 9.52. The van der Waals surface area contributed by atoms with Gasteiger partial charge >= 0.3 is 18.1 Å². The van der Waals surface area contributed by atoms with Gasteiger partial charge in [-0.1, -0.05) is 6.07 Å². The van der Waals surface area contributed by atoms with Gasteiger partial charge in [0.05, 0.1) is 18.7 Å². The van der Waals surface area contributed by atoms with Crippen LogP contribution >= 0.6 is 0 Å². The minimum absolute atomic E-state index is 0.243. The van der Waals surface area contributed by atoms with Crippen LogP contribution in [0, 0.1) is 5.41 Å². The normalized spacial score (nSPS) is 22.7. The third-order valence-electron chi connectivity index (χ3n) is 6.96. The maximum absolute atomic E-state index is 13.5. The largest absolute Gasteiger partial charge is 0.497 e. The minimum atomic E-state index is -4.56. The van der Waals surface area contributed by atoms with E-state index in [1.165, 1.54) is 19.9 Å². The average Bonchev–Trinajstić information content (AvgIpc) is 2.80. The molecule has 186 valence electrons. The molecule has 5 rings (SSSR count). The van der Waals surface area contributed by atoms with E-state index in [4.69, 9.17) is 14.2 Å². The van der Waals surface area contributed by atoms with Gasteiger partial charge in [0.2, 0.25) is 0 Å². The van der Waals surface area contributed by atoms with Crippen LogP contribution in [0.5, 0.6) is 5.75 Å². The van der Waals surface area contributed by atoms with Crippen molar-refractivity contribution in [3.63, 3.8) is 0 Å². The molecule has 2 aromatic carbocycles. The summed E-state index contributed by atoms with van der Waals surface area (Å²) in [5, 5.41) is 0. The van der Waals surface area contributed by atoms with E-state index in [0.717, 1.165) is 17.8 Å². The molecule has 0 aliphatic carbocycles. The van der Waals surface area contributed by atoms with Crippen LogP contribution in [-0.4, -0.2) is 50.5 Å². The lowest BCUT2D eigenvalue weighted by Gasteiger charge is -2.55. The number of cyclic esters (lactones) is 2. The third-order valence-corrected chi connectivity index (χ3v) is 6.96. The number of rotatable bonds is 2. The highest BCUT2D eigenvalue weighted by Crippen LogP contribution is 2.49. The molecule has 0 saturated carbocycles. The number of alkyl halides is 3. The lowest BCUT2D eigenvalue weighted by molar-refractivity contribution is -0.253. The molecule has 0 bridgehead atoms. The maximum Gasteiger partial charge on any atom is 0.416 e. The van der Waals surface area contributed by atoms with E-state index in [9.17, 15) is 22.8 Å². The van der Waals surface area contributed by atoms with Crippen molar-refractivity contribution in [2.45, 2.75) is 38.3 Å². The van der Waals surface area contributed by atoms with Gasteiger partial charge in [-0.25, -0.2) is 0 Å². The van der Waals surface area contributed by atoms with E-state index < -0.39 is 40.9 Å². The van der Waals surface area contributed by atoms with Gasteiger partial charge in [-0.05, 0) is 35.9 Å². The summed E-state index contributed by atoms with van der Waals surface area (Å²) in [5.74, 6) is -2.38. The standard InChI is InChI=1S/C25H25F3N2O5/c1-23(2)34-21(31)24(22(32)35-23)13-15-11-16(25(26,27)28)7-8-19(15)30-10-9-29(14-20(24)30)17-5-4-6-18(12-17)33-3/h4-8,11-12,20H,9-10,13-14H2,1-3H3. The van der Waals surface area contributed by atoms with Crippen molar-refractivity contribution in [2.24, 2.45) is 5.41 Å². The zero-order chi connectivity index (χ0) is 25.2. The molecule has 7 nitrogen and oxygen atoms in total. The number of esters is 2. The molecule has 1 unspecified atom stereocenters. The van der Waals surface area contributed by atoms with Crippen molar-refractivity contribution in [2.75, 3.05) is 36.5 Å². The van der Waals surface area contributed by atoms with Crippen LogP contribution in [0.3, 0.4) is 0 Å². The van der Waals surface area contributed by atoms with Gasteiger partial charge < -0.3 is 24.0 Å². The summed E-state index contributed by atoms with van der Waals surface area (Å²) in [5.41, 5.74) is -0.957. The van der Waals surface area contributed by atoms with Crippen molar-refractivity contribution in [3.05, 3.63) is 53.6 Å². The number of halogens is 3. The Balaban J connectivity index is 1.61. The van der Waals surface area contributed by atoms with Crippen LogP contribution in [0.1, 0.15) is 25.0 Å². The number of carbonyl (C=O) groups excluding carboxylic acids is 2. The zero-order valence-electron chi connectivity index (χ0n) is 19.5. The lowest BCUT2D eigenvalue weighted by atomic mass is 9.69. The summed E-state index contributed by atoms with van der Waals surface area (Å²) in [6, 6.07) is 10.2. The Hall–Kier alpha value is -3.43. The molecule has 2 aromatic rings. The Morgan fingerprint density at radius 2 is 1.74 bits per heavy atom. The van der Waals surface area contributed by atoms with Crippen LogP contribution in [0.25, 0.3) is 0 Å². The van der Waals surface area contributed by atoms with Gasteiger partial charge in [0.15, 0.2) is 5.41 Å². The number of nitrogens with zero attached hydrogens (tertiary/aromatic N) is 2. The Labute approximate surface area is 200 Å². The monoisotopic (exact) mass is 490 g/mol. The fourth-order valence-corrected chi connectivity index (χ4v) is 5.29. The molecule has 0 aromatic heterocycles. The van der Waals surface area contributed by atoms with Crippen molar-refractivity contribution in [1.82, 2.24) is 0 Å². The van der Waals surface area contributed by atoms with Crippen LogP contribution in [0.4, 0.5) is 24.5 Å². The van der Waals surface area contributed by atoms with Gasteiger partial charge in [-0.2, -0.15) is 13.2 Å². The molecule has 35 heavy (non-hydrogen) atoms. The quantitative estimate of drug-likeness (QED) is 0.469. The van der Waals surface area contributed by atoms with Crippen LogP contribution in [0.15, 0.2) is 42.5 Å². The summed E-state index contributed by atoms with van der Waals surface area (Å²) >= 11 is 0. The second kappa shape index (κ2) is 7.79. The maximum atomic E-state index is 13.5. The van der Waals surface area contributed by atoms with Crippen LogP contribution in [0.2, 0.25) is 0 Å². The molecule has 0 amide bonds. The van der Waals surface area contributed by atoms with Gasteiger partial charge in [0, 0.05) is 57.3 Å². The Bertz CT molecular complexity index is 1180. The smallest absolute Gasteiger partial charge is 0.416 e. The van der Waals surface area contributed by atoms with Crippen molar-refractivity contribution in [1.29, 1.82) is 0 Å². The van der Waals surface area contributed by atoms with E-state index in [-0.39, 0.29) is 18.5 Å². The molecule has 10 heteroatoms. The van der Waals surface area contributed by atoms with E-state index in [0.29, 0.717) is 24.5 Å². The summed E-state index contributed by atoms with van der Waals surface area (Å²) in [4.78, 5) is 30.8. The molecular weight excluding hydrogens is 465 g/mol. The summed E-state index contributed by atoms with van der Waals surface area (Å²) in [6.07, 6.45) is -4.80. The molecule has 2 fully saturated rings. The molecule has 3 aliphatic heterocycles. The first-order valence-corrected chi connectivity index (χ1v) is 11.3. The first kappa shape index (κ1) is 23.3. The first-order valence-electron chi connectivity index (χ1n) is 11.3. The number of benzene rings is 2. The molecule has 3 heterocycles. The topological polar surface area (TPSA) is 68.3 Å². The number of fused-ring (bicyclic) bond motifs is 4. The number of piperazine rings is 1. The van der Waals surface area contributed by atoms with Crippen molar-refractivity contribution >= 4 is 23.3 Å². The number of methoxy groups -OCH3 is 1. The van der Waals surface area contributed by atoms with Gasteiger partial charge in [-0.15, -0.1) is 0 Å². The highest BCUT2D eigenvalue weighted by atomic mass is 19.4. The molecule has 2 saturated heterocycles. The molecular formula is C25H25F3N2O5. The zero-order valence-corrected chi connectivity index (χ0v) is 19.5.